The molecule has 1 heterocycles. The van der Waals surface area contributed by atoms with Crippen LogP contribution in [0.15, 0.2) is 24.5 Å². The molecule has 0 aliphatic heterocycles. The molecule has 1 aromatic heterocycles. The molecule has 1 aliphatic carbocycles. The maximum Gasteiger partial charge on any atom is 0.0661 e. The average Bonchev–Trinajstić information content (AvgIpc) is 2.30. The molecule has 0 amide bonds. The lowest BCUT2D eigenvalue weighted by molar-refractivity contribution is 0.149. The van der Waals surface area contributed by atoms with E-state index in [1.54, 1.807) is 12.4 Å². The summed E-state index contributed by atoms with van der Waals surface area (Å²) in [6.07, 6.45) is 8.13. The topological polar surface area (TPSA) is 45.1 Å². The van der Waals surface area contributed by atoms with Gasteiger partial charge in [-0.2, -0.15) is 0 Å². The summed E-state index contributed by atoms with van der Waals surface area (Å²) in [4.78, 5) is 4.00. The molecule has 1 aromatic rings. The molecular weight excluding hydrogens is 200 g/mol. The predicted molar refractivity (Wildman–Crippen MR) is 65.3 cm³/mol. The third kappa shape index (κ3) is 2.53. The summed E-state index contributed by atoms with van der Waals surface area (Å²) in [5.41, 5.74) is 0.928. The van der Waals surface area contributed by atoms with Crippen LogP contribution in [0.2, 0.25) is 0 Å². The summed E-state index contributed by atoms with van der Waals surface area (Å²) in [6.45, 7) is 2.47. The van der Waals surface area contributed by atoms with E-state index in [4.69, 9.17) is 0 Å². The molecule has 16 heavy (non-hydrogen) atoms. The van der Waals surface area contributed by atoms with Gasteiger partial charge in [-0.25, -0.2) is 0 Å². The Hall–Kier alpha value is -1.09. The minimum Gasteiger partial charge on any atom is -0.394 e. The monoisotopic (exact) mass is 220 g/mol. The van der Waals surface area contributed by atoms with E-state index in [1.165, 1.54) is 12.8 Å². The van der Waals surface area contributed by atoms with Gasteiger partial charge in [0.05, 0.1) is 12.1 Å². The summed E-state index contributed by atoms with van der Waals surface area (Å²) in [5.74, 6) is 0.690. The Kier molecular flexibility index (Phi) is 3.44. The molecule has 0 saturated heterocycles. The zero-order valence-corrected chi connectivity index (χ0v) is 9.82. The number of hydrogen-bond acceptors (Lipinski definition) is 3. The SMILES string of the molecule is CC1CCCC(CO)(Nc2ccncc2)C1. The third-order valence-electron chi connectivity index (χ3n) is 3.48. The van der Waals surface area contributed by atoms with E-state index >= 15 is 0 Å². The summed E-state index contributed by atoms with van der Waals surface area (Å²) < 4.78 is 0. The van der Waals surface area contributed by atoms with Gasteiger partial charge < -0.3 is 10.4 Å². The zero-order valence-electron chi connectivity index (χ0n) is 9.82. The maximum atomic E-state index is 9.64. The van der Waals surface area contributed by atoms with Crippen molar-refractivity contribution in [1.82, 2.24) is 4.98 Å². The Labute approximate surface area is 96.9 Å². The van der Waals surface area contributed by atoms with Crippen LogP contribution in [0.25, 0.3) is 0 Å². The fraction of sp³-hybridized carbons (Fsp3) is 0.615. The summed E-state index contributed by atoms with van der Waals surface area (Å²) in [6, 6.07) is 3.91. The van der Waals surface area contributed by atoms with Crippen LogP contribution in [-0.2, 0) is 0 Å². The number of pyridine rings is 1. The zero-order chi connectivity index (χ0) is 11.4. The number of aliphatic hydroxyl groups is 1. The second-order valence-electron chi connectivity index (χ2n) is 5.00. The van der Waals surface area contributed by atoms with Gasteiger partial charge in [-0.05, 0) is 30.9 Å². The fourth-order valence-corrected chi connectivity index (χ4v) is 2.70. The van der Waals surface area contributed by atoms with E-state index in [0.29, 0.717) is 5.92 Å². The lowest BCUT2D eigenvalue weighted by atomic mass is 9.76. The molecule has 2 unspecified atom stereocenters. The Balaban J connectivity index is 2.10. The van der Waals surface area contributed by atoms with Gasteiger partial charge in [-0.15, -0.1) is 0 Å². The first-order valence-electron chi connectivity index (χ1n) is 6.03. The minimum atomic E-state index is -0.126. The first kappa shape index (κ1) is 11.4. The maximum absolute atomic E-state index is 9.64. The van der Waals surface area contributed by atoms with Gasteiger partial charge in [0.1, 0.15) is 0 Å². The standard InChI is InChI=1S/C13H20N2O/c1-11-3-2-6-13(9-11,10-16)15-12-4-7-14-8-5-12/h4-5,7-8,11,16H,2-3,6,9-10H2,1H3,(H,14,15). The van der Waals surface area contributed by atoms with Crippen LogP contribution in [0.5, 0.6) is 0 Å². The van der Waals surface area contributed by atoms with E-state index in [9.17, 15) is 5.11 Å². The largest absolute Gasteiger partial charge is 0.394 e. The van der Waals surface area contributed by atoms with E-state index in [2.05, 4.69) is 17.2 Å². The molecule has 88 valence electrons. The van der Waals surface area contributed by atoms with Crippen molar-refractivity contribution in [2.75, 3.05) is 11.9 Å². The molecule has 2 rings (SSSR count). The predicted octanol–water partition coefficient (Wildman–Crippen LogP) is 2.43. The van der Waals surface area contributed by atoms with Gasteiger partial charge >= 0.3 is 0 Å². The van der Waals surface area contributed by atoms with Crippen molar-refractivity contribution < 1.29 is 5.11 Å². The highest BCUT2D eigenvalue weighted by Crippen LogP contribution is 2.34. The van der Waals surface area contributed by atoms with Crippen molar-refractivity contribution in [3.63, 3.8) is 0 Å². The van der Waals surface area contributed by atoms with E-state index < -0.39 is 0 Å². The van der Waals surface area contributed by atoms with Gasteiger partial charge in [0.15, 0.2) is 0 Å². The van der Waals surface area contributed by atoms with Crippen LogP contribution >= 0.6 is 0 Å². The Bertz CT molecular complexity index is 328. The normalized spacial score (nSPS) is 30.0. The van der Waals surface area contributed by atoms with Crippen molar-refractivity contribution >= 4 is 5.69 Å². The van der Waals surface area contributed by atoms with Crippen LogP contribution in [0.3, 0.4) is 0 Å². The number of anilines is 1. The highest BCUT2D eigenvalue weighted by Gasteiger charge is 2.34. The van der Waals surface area contributed by atoms with Crippen LogP contribution in [0.4, 0.5) is 5.69 Å². The van der Waals surface area contributed by atoms with Crippen molar-refractivity contribution in [2.45, 2.75) is 38.1 Å². The van der Waals surface area contributed by atoms with Crippen molar-refractivity contribution in [2.24, 2.45) is 5.92 Å². The number of aromatic nitrogens is 1. The number of rotatable bonds is 3. The van der Waals surface area contributed by atoms with Gasteiger partial charge in [0.25, 0.3) is 0 Å². The number of nitrogens with one attached hydrogen (secondary N) is 1. The van der Waals surface area contributed by atoms with Gasteiger partial charge in [0, 0.05) is 18.1 Å². The van der Waals surface area contributed by atoms with Crippen LogP contribution in [-0.4, -0.2) is 22.2 Å². The second-order valence-corrected chi connectivity index (χ2v) is 5.00. The molecular formula is C13H20N2O. The van der Waals surface area contributed by atoms with Gasteiger partial charge in [-0.1, -0.05) is 19.8 Å². The molecule has 3 nitrogen and oxygen atoms in total. The summed E-state index contributed by atoms with van der Waals surface area (Å²) in [5, 5.41) is 13.1. The molecule has 0 aromatic carbocycles. The average molecular weight is 220 g/mol. The van der Waals surface area contributed by atoms with Gasteiger partial charge in [0.2, 0.25) is 0 Å². The van der Waals surface area contributed by atoms with E-state index in [1.807, 2.05) is 12.1 Å². The molecule has 0 radical (unpaired) electrons. The molecule has 3 heteroatoms. The third-order valence-corrected chi connectivity index (χ3v) is 3.48. The highest BCUT2D eigenvalue weighted by molar-refractivity contribution is 5.44. The number of aliphatic hydroxyl groups excluding tert-OH is 1. The van der Waals surface area contributed by atoms with Crippen molar-refractivity contribution in [3.05, 3.63) is 24.5 Å². The first-order valence-corrected chi connectivity index (χ1v) is 6.03. The second kappa shape index (κ2) is 4.83. The Morgan fingerprint density at radius 3 is 2.88 bits per heavy atom. The summed E-state index contributed by atoms with van der Waals surface area (Å²) in [7, 11) is 0. The lowest BCUT2D eigenvalue weighted by Gasteiger charge is -2.40. The molecule has 1 aliphatic rings. The van der Waals surface area contributed by atoms with Crippen LogP contribution < -0.4 is 5.32 Å². The van der Waals surface area contributed by atoms with Crippen molar-refractivity contribution in [3.8, 4) is 0 Å². The fourth-order valence-electron chi connectivity index (χ4n) is 2.70. The molecule has 2 N–H and O–H groups in total. The van der Waals surface area contributed by atoms with Crippen molar-refractivity contribution in [1.29, 1.82) is 0 Å². The molecule has 2 atom stereocenters. The highest BCUT2D eigenvalue weighted by atomic mass is 16.3. The molecule has 0 bridgehead atoms. The number of nitrogens with zero attached hydrogens (tertiary/aromatic N) is 1. The molecule has 1 fully saturated rings. The summed E-state index contributed by atoms with van der Waals surface area (Å²) >= 11 is 0. The number of hydrogen-bond donors (Lipinski definition) is 2. The minimum absolute atomic E-state index is 0.126. The lowest BCUT2D eigenvalue weighted by Crippen LogP contribution is -2.45. The Morgan fingerprint density at radius 2 is 2.25 bits per heavy atom. The van der Waals surface area contributed by atoms with Gasteiger partial charge in [-0.3, -0.25) is 4.98 Å². The van der Waals surface area contributed by atoms with E-state index in [0.717, 1.165) is 18.5 Å². The smallest absolute Gasteiger partial charge is 0.0661 e. The Morgan fingerprint density at radius 1 is 1.50 bits per heavy atom. The molecule has 1 saturated carbocycles. The van der Waals surface area contributed by atoms with E-state index in [-0.39, 0.29) is 12.1 Å². The van der Waals surface area contributed by atoms with Crippen LogP contribution in [0, 0.1) is 5.92 Å². The molecule has 0 spiro atoms. The van der Waals surface area contributed by atoms with Crippen LogP contribution in [0.1, 0.15) is 32.6 Å². The quantitative estimate of drug-likeness (QED) is 0.822. The first-order chi connectivity index (χ1) is 7.74.